The molecule has 1 saturated heterocycles. The molecular weight excluding hydrogens is 240 g/mol. The van der Waals surface area contributed by atoms with Crippen molar-refractivity contribution in [3.05, 3.63) is 0 Å². The van der Waals surface area contributed by atoms with Crippen LogP contribution in [0.1, 0.15) is 65.2 Å². The predicted molar refractivity (Wildman–Crippen MR) is 76.8 cm³/mol. The maximum Gasteiger partial charge on any atom is 0.229 e. The lowest BCUT2D eigenvalue weighted by Gasteiger charge is -2.19. The van der Waals surface area contributed by atoms with Gasteiger partial charge in [0.15, 0.2) is 0 Å². The average molecular weight is 268 g/mol. The lowest BCUT2D eigenvalue weighted by Crippen LogP contribution is -2.36. The summed E-state index contributed by atoms with van der Waals surface area (Å²) in [4.78, 5) is 25.1. The molecule has 2 amide bonds. The van der Waals surface area contributed by atoms with E-state index in [9.17, 15) is 9.59 Å². The van der Waals surface area contributed by atoms with Crippen LogP contribution >= 0.6 is 0 Å². The minimum atomic E-state index is 0.0275. The fourth-order valence-corrected chi connectivity index (χ4v) is 2.42. The van der Waals surface area contributed by atoms with Crippen LogP contribution in [0.25, 0.3) is 0 Å². The van der Waals surface area contributed by atoms with Crippen LogP contribution in [0.5, 0.6) is 0 Å². The third-order valence-corrected chi connectivity index (χ3v) is 3.65. The molecule has 1 fully saturated rings. The maximum atomic E-state index is 11.8. The summed E-state index contributed by atoms with van der Waals surface area (Å²) in [7, 11) is 0. The summed E-state index contributed by atoms with van der Waals surface area (Å²) in [5.74, 6) is 0.0549. The average Bonchev–Trinajstić information content (AvgIpc) is 2.55. The summed E-state index contributed by atoms with van der Waals surface area (Å²) in [5.41, 5.74) is 0. The number of nitrogens with one attached hydrogen (secondary N) is 1. The van der Waals surface area contributed by atoms with Crippen molar-refractivity contribution < 1.29 is 9.59 Å². The van der Waals surface area contributed by atoms with E-state index in [2.05, 4.69) is 19.2 Å². The highest BCUT2D eigenvalue weighted by Gasteiger charge is 2.23. The van der Waals surface area contributed by atoms with E-state index in [0.29, 0.717) is 25.4 Å². The molecule has 1 unspecified atom stereocenters. The monoisotopic (exact) mass is 268 g/mol. The Morgan fingerprint density at radius 3 is 2.37 bits per heavy atom. The summed E-state index contributed by atoms with van der Waals surface area (Å²) < 4.78 is 0. The van der Waals surface area contributed by atoms with Crippen molar-refractivity contribution in [3.8, 4) is 0 Å². The van der Waals surface area contributed by atoms with E-state index < -0.39 is 0 Å². The second-order valence-corrected chi connectivity index (χ2v) is 5.50. The molecule has 1 atom stereocenters. The summed E-state index contributed by atoms with van der Waals surface area (Å²) >= 11 is 0. The number of carbonyl (C=O) groups is 2. The van der Waals surface area contributed by atoms with Crippen molar-refractivity contribution in [3.63, 3.8) is 0 Å². The van der Waals surface area contributed by atoms with Crippen molar-refractivity contribution in [1.82, 2.24) is 10.2 Å². The van der Waals surface area contributed by atoms with Crippen LogP contribution < -0.4 is 5.32 Å². The van der Waals surface area contributed by atoms with Crippen molar-refractivity contribution in [2.75, 3.05) is 13.1 Å². The van der Waals surface area contributed by atoms with Gasteiger partial charge in [0.25, 0.3) is 0 Å². The number of likely N-dealkylation sites (tertiary alicyclic amines) is 1. The van der Waals surface area contributed by atoms with Gasteiger partial charge in [-0.25, -0.2) is 0 Å². The molecule has 1 heterocycles. The standard InChI is InChI=1S/C15H28N2O2/c1-3-11-16-13(2)8-6-7-12-17-14(18)9-4-5-10-15(17)19/h13,16H,3-12H2,1-2H3. The van der Waals surface area contributed by atoms with Gasteiger partial charge in [-0.3, -0.25) is 14.5 Å². The molecule has 0 aromatic rings. The summed E-state index contributed by atoms with van der Waals surface area (Å²) in [6.07, 6.45) is 7.06. The Hall–Kier alpha value is -0.900. The molecule has 19 heavy (non-hydrogen) atoms. The number of imide groups is 1. The van der Waals surface area contributed by atoms with Crippen LogP contribution in [0, 0.1) is 0 Å². The molecule has 4 nitrogen and oxygen atoms in total. The van der Waals surface area contributed by atoms with E-state index in [0.717, 1.165) is 45.1 Å². The number of rotatable bonds is 8. The van der Waals surface area contributed by atoms with Gasteiger partial charge in [0.2, 0.25) is 11.8 Å². The van der Waals surface area contributed by atoms with E-state index >= 15 is 0 Å². The quantitative estimate of drug-likeness (QED) is 0.543. The lowest BCUT2D eigenvalue weighted by molar-refractivity contribution is -0.143. The van der Waals surface area contributed by atoms with Crippen molar-refractivity contribution in [2.45, 2.75) is 71.3 Å². The van der Waals surface area contributed by atoms with Gasteiger partial charge >= 0.3 is 0 Å². The Morgan fingerprint density at radius 1 is 1.16 bits per heavy atom. The van der Waals surface area contributed by atoms with E-state index in [4.69, 9.17) is 0 Å². The second-order valence-electron chi connectivity index (χ2n) is 5.50. The van der Waals surface area contributed by atoms with Gasteiger partial charge in [0.05, 0.1) is 0 Å². The van der Waals surface area contributed by atoms with Crippen LogP contribution in [0.15, 0.2) is 0 Å². The molecule has 0 radical (unpaired) electrons. The fraction of sp³-hybridized carbons (Fsp3) is 0.867. The molecule has 0 aliphatic carbocycles. The summed E-state index contributed by atoms with van der Waals surface area (Å²) in [6, 6.07) is 0.524. The molecule has 0 saturated carbocycles. The van der Waals surface area contributed by atoms with E-state index in [1.807, 2.05) is 0 Å². The first-order valence-corrected chi connectivity index (χ1v) is 7.71. The zero-order chi connectivity index (χ0) is 14.1. The third-order valence-electron chi connectivity index (χ3n) is 3.65. The molecule has 1 aliphatic heterocycles. The van der Waals surface area contributed by atoms with Crippen molar-refractivity contribution in [1.29, 1.82) is 0 Å². The second kappa shape index (κ2) is 9.08. The molecule has 0 bridgehead atoms. The Balaban J connectivity index is 2.20. The van der Waals surface area contributed by atoms with Crippen molar-refractivity contribution >= 4 is 11.8 Å². The molecular formula is C15H28N2O2. The number of amides is 2. The van der Waals surface area contributed by atoms with Crippen molar-refractivity contribution in [2.24, 2.45) is 0 Å². The van der Waals surface area contributed by atoms with Crippen LogP contribution in [0.3, 0.4) is 0 Å². The van der Waals surface area contributed by atoms with Gasteiger partial charge in [0.1, 0.15) is 0 Å². The highest BCUT2D eigenvalue weighted by atomic mass is 16.2. The van der Waals surface area contributed by atoms with E-state index in [1.54, 1.807) is 0 Å². The third kappa shape index (κ3) is 6.19. The number of hydrogen-bond acceptors (Lipinski definition) is 3. The first-order chi connectivity index (χ1) is 9.15. The molecule has 4 heteroatoms. The number of unbranched alkanes of at least 4 members (excludes halogenated alkanes) is 1. The Kier molecular flexibility index (Phi) is 7.72. The van der Waals surface area contributed by atoms with Gasteiger partial charge in [-0.1, -0.05) is 13.3 Å². The lowest BCUT2D eigenvalue weighted by atomic mass is 10.1. The molecule has 1 rings (SSSR count). The Labute approximate surface area is 116 Å². The fourth-order valence-electron chi connectivity index (χ4n) is 2.42. The normalized spacial score (nSPS) is 18.5. The number of hydrogen-bond donors (Lipinski definition) is 1. The molecule has 0 aromatic heterocycles. The summed E-state index contributed by atoms with van der Waals surface area (Å²) in [6.45, 7) is 6.02. The first-order valence-electron chi connectivity index (χ1n) is 7.71. The molecule has 1 aliphatic rings. The largest absolute Gasteiger partial charge is 0.314 e. The Morgan fingerprint density at radius 2 is 1.79 bits per heavy atom. The highest BCUT2D eigenvalue weighted by Crippen LogP contribution is 2.13. The van der Waals surface area contributed by atoms with Gasteiger partial charge in [0, 0.05) is 25.4 Å². The van der Waals surface area contributed by atoms with Gasteiger partial charge in [-0.05, 0) is 45.6 Å². The van der Waals surface area contributed by atoms with Gasteiger partial charge < -0.3 is 5.32 Å². The molecule has 1 N–H and O–H groups in total. The highest BCUT2D eigenvalue weighted by molar-refractivity contribution is 5.95. The van der Waals surface area contributed by atoms with Gasteiger partial charge in [-0.15, -0.1) is 0 Å². The van der Waals surface area contributed by atoms with Crippen LogP contribution in [-0.4, -0.2) is 35.8 Å². The maximum absolute atomic E-state index is 11.8. The molecule has 0 aromatic carbocycles. The summed E-state index contributed by atoms with van der Waals surface area (Å²) in [5, 5.41) is 3.45. The zero-order valence-electron chi connectivity index (χ0n) is 12.4. The van der Waals surface area contributed by atoms with Crippen LogP contribution in [0.4, 0.5) is 0 Å². The Bertz CT molecular complexity index is 274. The SMILES string of the molecule is CCCNC(C)CCCCN1C(=O)CCCCC1=O. The van der Waals surface area contributed by atoms with Gasteiger partial charge in [-0.2, -0.15) is 0 Å². The molecule has 0 spiro atoms. The van der Waals surface area contributed by atoms with Crippen LogP contribution in [0.2, 0.25) is 0 Å². The smallest absolute Gasteiger partial charge is 0.229 e. The van der Waals surface area contributed by atoms with E-state index in [-0.39, 0.29) is 11.8 Å². The minimum Gasteiger partial charge on any atom is -0.314 e. The first kappa shape index (κ1) is 16.2. The number of nitrogens with zero attached hydrogens (tertiary/aromatic N) is 1. The van der Waals surface area contributed by atoms with Crippen LogP contribution in [-0.2, 0) is 9.59 Å². The van der Waals surface area contributed by atoms with E-state index in [1.165, 1.54) is 4.90 Å². The zero-order valence-corrected chi connectivity index (χ0v) is 12.4. The topological polar surface area (TPSA) is 49.4 Å². The predicted octanol–water partition coefficient (Wildman–Crippen LogP) is 2.47. The number of carbonyl (C=O) groups excluding carboxylic acids is 2. The minimum absolute atomic E-state index is 0.0275. The molecule has 110 valence electrons.